The third-order valence-corrected chi connectivity index (χ3v) is 4.27. The number of nitrogens with one attached hydrogen (secondary N) is 1. The van der Waals surface area contributed by atoms with Crippen molar-refractivity contribution in [2.45, 2.75) is 6.92 Å². The number of aromatic nitrogens is 1. The highest BCUT2D eigenvalue weighted by Gasteiger charge is 2.11. The molecule has 0 aliphatic carbocycles. The van der Waals surface area contributed by atoms with Gasteiger partial charge in [0.05, 0.1) is 16.3 Å². The minimum Gasteiger partial charge on any atom is -0.494 e. The minimum absolute atomic E-state index is 0.221. The SMILES string of the molecule is CCOc1ccc(C(=O)Nc2cc(Cl)c3nc(N)sc3c2)cc1. The third-order valence-electron chi connectivity index (χ3n) is 3.15. The number of carbonyl (C=O) groups is 1. The van der Waals surface area contributed by atoms with Crippen LogP contribution >= 0.6 is 22.9 Å². The van der Waals surface area contributed by atoms with Gasteiger partial charge in [0.25, 0.3) is 5.91 Å². The van der Waals surface area contributed by atoms with Crippen molar-refractivity contribution in [1.29, 1.82) is 0 Å². The first-order chi connectivity index (χ1) is 11.1. The van der Waals surface area contributed by atoms with Crippen LogP contribution in [0.4, 0.5) is 10.8 Å². The first-order valence-corrected chi connectivity index (χ1v) is 8.16. The number of nitrogens with two attached hydrogens (primary N) is 1. The summed E-state index contributed by atoms with van der Waals surface area (Å²) in [5, 5.41) is 3.72. The molecule has 0 saturated carbocycles. The summed E-state index contributed by atoms with van der Waals surface area (Å²) in [6.07, 6.45) is 0. The fourth-order valence-corrected chi connectivity index (χ4v) is 3.27. The van der Waals surface area contributed by atoms with E-state index < -0.39 is 0 Å². The molecule has 1 amide bonds. The largest absolute Gasteiger partial charge is 0.494 e. The zero-order chi connectivity index (χ0) is 16.4. The van der Waals surface area contributed by atoms with Crippen LogP contribution in [-0.2, 0) is 0 Å². The second-order valence-corrected chi connectivity index (χ2v) is 6.24. The van der Waals surface area contributed by atoms with Gasteiger partial charge in [-0.05, 0) is 43.3 Å². The molecule has 0 bridgehead atoms. The van der Waals surface area contributed by atoms with Gasteiger partial charge in [0.2, 0.25) is 0 Å². The van der Waals surface area contributed by atoms with E-state index in [0.717, 1.165) is 10.4 Å². The lowest BCUT2D eigenvalue weighted by atomic mass is 10.2. The van der Waals surface area contributed by atoms with Gasteiger partial charge in [0.15, 0.2) is 5.13 Å². The van der Waals surface area contributed by atoms with Gasteiger partial charge in [-0.15, -0.1) is 0 Å². The number of benzene rings is 2. The van der Waals surface area contributed by atoms with Crippen LogP contribution in [0.2, 0.25) is 5.02 Å². The van der Waals surface area contributed by atoms with Gasteiger partial charge in [-0.1, -0.05) is 22.9 Å². The van der Waals surface area contributed by atoms with Crippen molar-refractivity contribution in [2.75, 3.05) is 17.7 Å². The molecule has 0 saturated heterocycles. The maximum Gasteiger partial charge on any atom is 0.255 e. The van der Waals surface area contributed by atoms with E-state index in [1.807, 2.05) is 13.0 Å². The van der Waals surface area contributed by atoms with E-state index in [1.54, 1.807) is 30.3 Å². The lowest BCUT2D eigenvalue weighted by molar-refractivity contribution is 0.102. The molecule has 1 heterocycles. The maximum absolute atomic E-state index is 12.3. The van der Waals surface area contributed by atoms with E-state index in [-0.39, 0.29) is 5.91 Å². The van der Waals surface area contributed by atoms with Crippen molar-refractivity contribution in [1.82, 2.24) is 4.98 Å². The molecule has 3 N–H and O–H groups in total. The van der Waals surface area contributed by atoms with Crippen molar-refractivity contribution in [3.05, 3.63) is 47.0 Å². The predicted octanol–water partition coefficient (Wildman–Crippen LogP) is 4.18. The maximum atomic E-state index is 12.3. The van der Waals surface area contributed by atoms with Crippen molar-refractivity contribution in [2.24, 2.45) is 0 Å². The third kappa shape index (κ3) is 3.38. The number of hydrogen-bond acceptors (Lipinski definition) is 5. The summed E-state index contributed by atoms with van der Waals surface area (Å²) < 4.78 is 6.19. The monoisotopic (exact) mass is 347 g/mol. The van der Waals surface area contributed by atoms with Gasteiger partial charge < -0.3 is 15.8 Å². The molecule has 118 valence electrons. The average Bonchev–Trinajstić information content (AvgIpc) is 2.89. The van der Waals surface area contributed by atoms with Crippen LogP contribution in [-0.4, -0.2) is 17.5 Å². The highest BCUT2D eigenvalue weighted by molar-refractivity contribution is 7.22. The lowest BCUT2D eigenvalue weighted by Gasteiger charge is -2.07. The number of ether oxygens (including phenoxy) is 1. The summed E-state index contributed by atoms with van der Waals surface area (Å²) in [7, 11) is 0. The highest BCUT2D eigenvalue weighted by atomic mass is 35.5. The number of nitrogens with zero attached hydrogens (tertiary/aromatic N) is 1. The van der Waals surface area contributed by atoms with Crippen LogP contribution in [0.5, 0.6) is 5.75 Å². The number of carbonyl (C=O) groups excluding carboxylic acids is 1. The van der Waals surface area contributed by atoms with E-state index in [9.17, 15) is 4.79 Å². The molecule has 2 aromatic carbocycles. The van der Waals surface area contributed by atoms with Crippen LogP contribution in [0.15, 0.2) is 36.4 Å². The number of rotatable bonds is 4. The Balaban J connectivity index is 1.82. The molecule has 0 unspecified atom stereocenters. The molecule has 0 atom stereocenters. The van der Waals surface area contributed by atoms with Crippen LogP contribution in [0.3, 0.4) is 0 Å². The smallest absolute Gasteiger partial charge is 0.255 e. The quantitative estimate of drug-likeness (QED) is 0.742. The van der Waals surface area contributed by atoms with Gasteiger partial charge in [-0.3, -0.25) is 4.79 Å². The van der Waals surface area contributed by atoms with E-state index in [4.69, 9.17) is 22.1 Å². The van der Waals surface area contributed by atoms with E-state index in [0.29, 0.717) is 33.5 Å². The van der Waals surface area contributed by atoms with E-state index >= 15 is 0 Å². The normalized spacial score (nSPS) is 10.7. The zero-order valence-electron chi connectivity index (χ0n) is 12.3. The number of thiazole rings is 1. The first kappa shape index (κ1) is 15.6. The standard InChI is InChI=1S/C16H14ClN3O2S/c1-2-22-11-5-3-9(4-6-11)15(21)19-10-7-12(17)14-13(8-10)23-16(18)20-14/h3-8H,2H2,1H3,(H2,18,20)(H,19,21). The van der Waals surface area contributed by atoms with Crippen LogP contribution < -0.4 is 15.8 Å². The number of anilines is 2. The molecule has 23 heavy (non-hydrogen) atoms. The summed E-state index contributed by atoms with van der Waals surface area (Å²) in [4.78, 5) is 16.5. The molecule has 0 aliphatic rings. The van der Waals surface area contributed by atoms with Gasteiger partial charge in [0, 0.05) is 11.3 Å². The number of nitrogen functional groups attached to an aromatic ring is 1. The molecule has 3 rings (SSSR count). The fourth-order valence-electron chi connectivity index (χ4n) is 2.15. The summed E-state index contributed by atoms with van der Waals surface area (Å²) >= 11 is 7.51. The Morgan fingerprint density at radius 2 is 2.09 bits per heavy atom. The Kier molecular flexibility index (Phi) is 4.36. The number of amides is 1. The molecule has 1 aromatic heterocycles. The van der Waals surface area contributed by atoms with Crippen LogP contribution in [0.1, 0.15) is 17.3 Å². The van der Waals surface area contributed by atoms with Gasteiger partial charge >= 0.3 is 0 Å². The summed E-state index contributed by atoms with van der Waals surface area (Å²) in [6.45, 7) is 2.49. The van der Waals surface area contributed by atoms with Crippen LogP contribution in [0.25, 0.3) is 10.2 Å². The van der Waals surface area contributed by atoms with Crippen molar-refractivity contribution >= 4 is 49.9 Å². The molecule has 0 radical (unpaired) electrons. The molecule has 5 nitrogen and oxygen atoms in total. The topological polar surface area (TPSA) is 77.2 Å². The molecule has 7 heteroatoms. The van der Waals surface area contributed by atoms with Crippen molar-refractivity contribution < 1.29 is 9.53 Å². The number of fused-ring (bicyclic) bond motifs is 1. The lowest BCUT2D eigenvalue weighted by Crippen LogP contribution is -2.11. The van der Waals surface area contributed by atoms with Crippen molar-refractivity contribution in [3.63, 3.8) is 0 Å². The Labute approximate surface area is 142 Å². The molecule has 0 aliphatic heterocycles. The Morgan fingerprint density at radius 1 is 1.35 bits per heavy atom. The van der Waals surface area contributed by atoms with E-state index in [2.05, 4.69) is 10.3 Å². The molecule has 0 spiro atoms. The minimum atomic E-state index is -0.221. The van der Waals surface area contributed by atoms with Gasteiger partial charge in [-0.25, -0.2) is 4.98 Å². The number of halogens is 1. The summed E-state index contributed by atoms with van der Waals surface area (Å²) in [5.41, 5.74) is 7.47. The molecule has 3 aromatic rings. The Bertz CT molecular complexity index is 862. The summed E-state index contributed by atoms with van der Waals surface area (Å²) in [5.74, 6) is 0.509. The summed E-state index contributed by atoms with van der Waals surface area (Å²) in [6, 6.07) is 10.4. The Hall–Kier alpha value is -2.31. The second-order valence-electron chi connectivity index (χ2n) is 4.77. The van der Waals surface area contributed by atoms with Crippen LogP contribution in [0, 0.1) is 0 Å². The zero-order valence-corrected chi connectivity index (χ0v) is 13.9. The molecular weight excluding hydrogens is 334 g/mol. The van der Waals surface area contributed by atoms with Crippen molar-refractivity contribution in [3.8, 4) is 5.75 Å². The van der Waals surface area contributed by atoms with E-state index in [1.165, 1.54) is 11.3 Å². The average molecular weight is 348 g/mol. The second kappa shape index (κ2) is 6.44. The Morgan fingerprint density at radius 3 is 2.78 bits per heavy atom. The van der Waals surface area contributed by atoms with Gasteiger partial charge in [-0.2, -0.15) is 0 Å². The predicted molar refractivity (Wildman–Crippen MR) is 94.6 cm³/mol. The highest BCUT2D eigenvalue weighted by Crippen LogP contribution is 2.32. The molecular formula is C16H14ClN3O2S. The number of hydrogen-bond donors (Lipinski definition) is 2. The molecule has 0 fully saturated rings. The fraction of sp³-hybridized carbons (Fsp3) is 0.125. The first-order valence-electron chi connectivity index (χ1n) is 6.96. The van der Waals surface area contributed by atoms with Gasteiger partial charge in [0.1, 0.15) is 11.3 Å².